The van der Waals surface area contributed by atoms with Gasteiger partial charge in [0.1, 0.15) is 11.9 Å². The summed E-state index contributed by atoms with van der Waals surface area (Å²) in [4.78, 5) is 14.1. The number of hydrogen-bond acceptors (Lipinski definition) is 5. The van der Waals surface area contributed by atoms with Crippen LogP contribution in [0.25, 0.3) is 5.69 Å². The highest BCUT2D eigenvalue weighted by Crippen LogP contribution is 2.24. The molecule has 1 amide bonds. The first-order valence-corrected chi connectivity index (χ1v) is 7.75. The molecular formula is C17H23N5O2. The summed E-state index contributed by atoms with van der Waals surface area (Å²) in [6, 6.07) is 7.52. The number of aromatic nitrogens is 4. The number of hydrogen-bond donors (Lipinski definition) is 0. The van der Waals surface area contributed by atoms with E-state index < -0.39 is 5.60 Å². The first kappa shape index (κ1) is 17.7. The van der Waals surface area contributed by atoms with Crippen LogP contribution in [0.2, 0.25) is 0 Å². The molecule has 0 N–H and O–H groups in total. The molecule has 0 spiro atoms. The molecule has 0 fully saturated rings. The van der Waals surface area contributed by atoms with Gasteiger partial charge in [-0.2, -0.15) is 0 Å². The number of carbonyl (C=O) groups excluding carboxylic acids is 1. The Morgan fingerprint density at radius 2 is 2.21 bits per heavy atom. The SMILES string of the molecule is C=CCN(C(=O)OC(C)(C)C)C(C)c1cccc(-n2cnnn2)c1. The summed E-state index contributed by atoms with van der Waals surface area (Å²) >= 11 is 0. The summed E-state index contributed by atoms with van der Waals surface area (Å²) in [6.45, 7) is 11.6. The molecule has 1 aromatic carbocycles. The Kier molecular flexibility index (Phi) is 5.33. The molecule has 0 aliphatic rings. The fourth-order valence-corrected chi connectivity index (χ4v) is 2.24. The lowest BCUT2D eigenvalue weighted by Gasteiger charge is -2.31. The molecule has 2 aromatic rings. The normalized spacial score (nSPS) is 12.5. The second kappa shape index (κ2) is 7.25. The van der Waals surface area contributed by atoms with Gasteiger partial charge in [-0.05, 0) is 55.8 Å². The second-order valence-electron chi connectivity index (χ2n) is 6.45. The maximum Gasteiger partial charge on any atom is 0.411 e. The monoisotopic (exact) mass is 329 g/mol. The minimum absolute atomic E-state index is 0.186. The molecule has 0 radical (unpaired) electrons. The van der Waals surface area contributed by atoms with Crippen LogP contribution in [0, 0.1) is 0 Å². The lowest BCUT2D eigenvalue weighted by molar-refractivity contribution is 0.0200. The van der Waals surface area contributed by atoms with Crippen molar-refractivity contribution >= 4 is 6.09 Å². The van der Waals surface area contributed by atoms with Gasteiger partial charge < -0.3 is 4.74 Å². The van der Waals surface area contributed by atoms with Gasteiger partial charge in [-0.25, -0.2) is 9.48 Å². The Labute approximate surface area is 141 Å². The lowest BCUT2D eigenvalue weighted by Crippen LogP contribution is -2.38. The van der Waals surface area contributed by atoms with Crippen LogP contribution >= 0.6 is 0 Å². The Morgan fingerprint density at radius 1 is 1.46 bits per heavy atom. The standard InChI is InChI=1S/C17H23N5O2/c1-6-10-21(16(23)24-17(3,4)5)13(2)14-8-7-9-15(11-14)22-12-18-19-20-22/h6-9,11-13H,1,10H2,2-5H3. The summed E-state index contributed by atoms with van der Waals surface area (Å²) in [6.07, 6.45) is 2.84. The van der Waals surface area contributed by atoms with E-state index in [1.807, 2.05) is 52.0 Å². The number of tetrazole rings is 1. The van der Waals surface area contributed by atoms with Crippen molar-refractivity contribution in [3.63, 3.8) is 0 Å². The smallest absolute Gasteiger partial charge is 0.411 e. The van der Waals surface area contributed by atoms with Crippen LogP contribution in [0.15, 0.2) is 43.2 Å². The zero-order valence-electron chi connectivity index (χ0n) is 14.5. The zero-order chi connectivity index (χ0) is 17.7. The number of rotatable bonds is 5. The lowest BCUT2D eigenvalue weighted by atomic mass is 10.1. The van der Waals surface area contributed by atoms with Gasteiger partial charge in [-0.15, -0.1) is 11.7 Å². The highest BCUT2D eigenvalue weighted by molar-refractivity contribution is 5.69. The Bertz CT molecular complexity index is 691. The highest BCUT2D eigenvalue weighted by atomic mass is 16.6. The number of ether oxygens (including phenoxy) is 1. The fraction of sp³-hybridized carbons (Fsp3) is 0.412. The van der Waals surface area contributed by atoms with Crippen LogP contribution in [-0.4, -0.2) is 43.3 Å². The van der Waals surface area contributed by atoms with Crippen molar-refractivity contribution in [1.82, 2.24) is 25.1 Å². The fourth-order valence-electron chi connectivity index (χ4n) is 2.24. The molecule has 0 aliphatic heterocycles. The average Bonchev–Trinajstić information content (AvgIpc) is 3.04. The van der Waals surface area contributed by atoms with Gasteiger partial charge in [-0.3, -0.25) is 4.90 Å². The van der Waals surface area contributed by atoms with E-state index in [0.717, 1.165) is 11.3 Å². The maximum absolute atomic E-state index is 12.5. The molecule has 1 atom stereocenters. The van der Waals surface area contributed by atoms with Crippen LogP contribution in [-0.2, 0) is 4.74 Å². The van der Waals surface area contributed by atoms with Crippen LogP contribution in [0.1, 0.15) is 39.3 Å². The Balaban J connectivity index is 2.26. The van der Waals surface area contributed by atoms with E-state index in [0.29, 0.717) is 6.54 Å². The van der Waals surface area contributed by atoms with Crippen molar-refractivity contribution in [3.8, 4) is 5.69 Å². The molecule has 7 heteroatoms. The van der Waals surface area contributed by atoms with E-state index in [1.165, 1.54) is 6.33 Å². The van der Waals surface area contributed by atoms with Crippen LogP contribution in [0.4, 0.5) is 4.79 Å². The zero-order valence-corrected chi connectivity index (χ0v) is 14.5. The van der Waals surface area contributed by atoms with E-state index in [4.69, 9.17) is 4.74 Å². The van der Waals surface area contributed by atoms with Gasteiger partial charge in [0.2, 0.25) is 0 Å². The topological polar surface area (TPSA) is 73.1 Å². The van der Waals surface area contributed by atoms with E-state index in [2.05, 4.69) is 22.1 Å². The van der Waals surface area contributed by atoms with Crippen molar-refractivity contribution in [2.75, 3.05) is 6.54 Å². The van der Waals surface area contributed by atoms with Gasteiger partial charge in [0, 0.05) is 6.54 Å². The molecule has 128 valence electrons. The van der Waals surface area contributed by atoms with Crippen molar-refractivity contribution in [2.45, 2.75) is 39.3 Å². The number of benzene rings is 1. The summed E-state index contributed by atoms with van der Waals surface area (Å²) in [5.74, 6) is 0. The molecule has 7 nitrogen and oxygen atoms in total. The molecule has 0 saturated heterocycles. The highest BCUT2D eigenvalue weighted by Gasteiger charge is 2.26. The molecule has 1 unspecified atom stereocenters. The minimum Gasteiger partial charge on any atom is -0.444 e. The molecule has 0 aliphatic carbocycles. The van der Waals surface area contributed by atoms with Gasteiger partial charge in [0.25, 0.3) is 0 Å². The minimum atomic E-state index is -0.551. The third-order valence-electron chi connectivity index (χ3n) is 3.39. The Hall–Kier alpha value is -2.70. The van der Waals surface area contributed by atoms with E-state index >= 15 is 0 Å². The van der Waals surface area contributed by atoms with Crippen molar-refractivity contribution < 1.29 is 9.53 Å². The quantitative estimate of drug-likeness (QED) is 0.788. The summed E-state index contributed by atoms with van der Waals surface area (Å²) in [5, 5.41) is 11.2. The predicted molar refractivity (Wildman–Crippen MR) is 90.7 cm³/mol. The van der Waals surface area contributed by atoms with Crippen molar-refractivity contribution in [2.24, 2.45) is 0 Å². The van der Waals surface area contributed by atoms with E-state index in [9.17, 15) is 4.79 Å². The Morgan fingerprint density at radius 3 is 2.79 bits per heavy atom. The van der Waals surface area contributed by atoms with Crippen LogP contribution in [0.3, 0.4) is 0 Å². The van der Waals surface area contributed by atoms with Crippen LogP contribution in [0.5, 0.6) is 0 Å². The molecule has 1 heterocycles. The summed E-state index contributed by atoms with van der Waals surface area (Å²) in [5.41, 5.74) is 1.23. The van der Waals surface area contributed by atoms with Crippen molar-refractivity contribution in [3.05, 3.63) is 48.8 Å². The third-order valence-corrected chi connectivity index (χ3v) is 3.39. The molecule has 0 saturated carbocycles. The molecular weight excluding hydrogens is 306 g/mol. The van der Waals surface area contributed by atoms with Gasteiger partial charge in [-0.1, -0.05) is 18.2 Å². The predicted octanol–water partition coefficient (Wildman–Crippen LogP) is 3.15. The number of amides is 1. The molecule has 24 heavy (non-hydrogen) atoms. The number of carbonyl (C=O) groups is 1. The van der Waals surface area contributed by atoms with Crippen molar-refractivity contribution in [1.29, 1.82) is 0 Å². The van der Waals surface area contributed by atoms with Gasteiger partial charge in [0.05, 0.1) is 11.7 Å². The van der Waals surface area contributed by atoms with Gasteiger partial charge >= 0.3 is 6.09 Å². The second-order valence-corrected chi connectivity index (χ2v) is 6.45. The molecule has 0 bridgehead atoms. The first-order valence-electron chi connectivity index (χ1n) is 7.75. The van der Waals surface area contributed by atoms with Crippen LogP contribution < -0.4 is 0 Å². The molecule has 2 rings (SSSR count). The van der Waals surface area contributed by atoms with Gasteiger partial charge in [0.15, 0.2) is 0 Å². The summed E-state index contributed by atoms with van der Waals surface area (Å²) < 4.78 is 7.07. The first-order chi connectivity index (χ1) is 11.3. The van der Waals surface area contributed by atoms with E-state index in [1.54, 1.807) is 15.7 Å². The molecule has 1 aromatic heterocycles. The largest absolute Gasteiger partial charge is 0.444 e. The number of nitrogens with zero attached hydrogens (tertiary/aromatic N) is 5. The van der Waals surface area contributed by atoms with E-state index in [-0.39, 0.29) is 12.1 Å². The third kappa shape index (κ3) is 4.41. The maximum atomic E-state index is 12.5. The average molecular weight is 329 g/mol. The summed E-state index contributed by atoms with van der Waals surface area (Å²) in [7, 11) is 0.